The molecule has 0 radical (unpaired) electrons. The Balaban J connectivity index is 1.21. The van der Waals surface area contributed by atoms with Crippen molar-refractivity contribution in [3.8, 4) is 5.75 Å². The van der Waals surface area contributed by atoms with Gasteiger partial charge < -0.3 is 15.4 Å². The first kappa shape index (κ1) is 25.0. The maximum absolute atomic E-state index is 13.4. The quantitative estimate of drug-likeness (QED) is 0.438. The molecule has 7 heteroatoms. The molecule has 1 aliphatic carbocycles. The molecule has 1 aromatic heterocycles. The number of ether oxygens (including phenoxy) is 1. The van der Waals surface area contributed by atoms with E-state index in [1.807, 2.05) is 48.5 Å². The summed E-state index contributed by atoms with van der Waals surface area (Å²) in [7, 11) is 0. The third-order valence-corrected chi connectivity index (χ3v) is 7.20. The van der Waals surface area contributed by atoms with Crippen molar-refractivity contribution in [2.45, 2.75) is 32.2 Å². The zero-order valence-corrected chi connectivity index (χ0v) is 21.1. The molecule has 0 unspecified atom stereocenters. The summed E-state index contributed by atoms with van der Waals surface area (Å²) in [5, 5.41) is 6.14. The van der Waals surface area contributed by atoms with E-state index in [0.29, 0.717) is 39.2 Å². The van der Waals surface area contributed by atoms with Crippen LogP contribution in [0.2, 0.25) is 0 Å². The SMILES string of the molecule is O=C(NCCOc1ccccc1)[C@H]1C[C@@H](C(=O)Nc2ccc3c(c2)CCC3)CN(Cc2ccncc2)C1. The minimum atomic E-state index is -0.278. The molecule has 1 saturated heterocycles. The number of carbonyl (C=O) groups excluding carboxylic acids is 2. The Morgan fingerprint density at radius 2 is 1.68 bits per heavy atom. The summed E-state index contributed by atoms with van der Waals surface area (Å²) in [4.78, 5) is 32.8. The van der Waals surface area contributed by atoms with E-state index in [0.717, 1.165) is 29.8 Å². The van der Waals surface area contributed by atoms with Gasteiger partial charge in [-0.05, 0) is 78.8 Å². The molecule has 0 saturated carbocycles. The van der Waals surface area contributed by atoms with Crippen LogP contribution in [0.4, 0.5) is 5.69 Å². The van der Waals surface area contributed by atoms with Crippen molar-refractivity contribution in [1.82, 2.24) is 15.2 Å². The second-order valence-electron chi connectivity index (χ2n) is 9.96. The summed E-state index contributed by atoms with van der Waals surface area (Å²) < 4.78 is 5.71. The van der Waals surface area contributed by atoms with Crippen molar-refractivity contribution in [1.29, 1.82) is 0 Å². The molecule has 2 N–H and O–H groups in total. The summed E-state index contributed by atoms with van der Waals surface area (Å²) in [6.45, 7) is 2.70. The molecule has 0 bridgehead atoms. The highest BCUT2D eigenvalue weighted by atomic mass is 16.5. The molecule has 1 aliphatic heterocycles. The molecule has 3 aromatic rings. The van der Waals surface area contributed by atoms with Gasteiger partial charge >= 0.3 is 0 Å². The Morgan fingerprint density at radius 1 is 0.919 bits per heavy atom. The predicted molar refractivity (Wildman–Crippen MR) is 143 cm³/mol. The van der Waals surface area contributed by atoms with Crippen LogP contribution in [0.1, 0.15) is 29.5 Å². The Hall–Kier alpha value is -3.71. The highest BCUT2D eigenvalue weighted by Gasteiger charge is 2.35. The van der Waals surface area contributed by atoms with Gasteiger partial charge in [0.05, 0.1) is 18.4 Å². The van der Waals surface area contributed by atoms with E-state index < -0.39 is 0 Å². The fourth-order valence-corrected chi connectivity index (χ4v) is 5.34. The Morgan fingerprint density at radius 3 is 2.49 bits per heavy atom. The highest BCUT2D eigenvalue weighted by Crippen LogP contribution is 2.28. The number of piperidine rings is 1. The highest BCUT2D eigenvalue weighted by molar-refractivity contribution is 5.93. The summed E-state index contributed by atoms with van der Waals surface area (Å²) in [5.74, 6) is 0.165. The third kappa shape index (κ3) is 6.74. The number of aromatic nitrogens is 1. The standard InChI is InChI=1S/C30H34N4O3/c35-29(32-15-16-37-28-7-2-1-3-8-28)25-17-26(21-34(20-25)19-22-11-13-31-14-12-22)30(36)33-27-10-9-23-5-4-6-24(23)18-27/h1-3,7-14,18,25-26H,4-6,15-17,19-21H2,(H,32,35)(H,33,36)/t25-,26+/m0/s1. The average molecular weight is 499 g/mol. The van der Waals surface area contributed by atoms with Crippen molar-refractivity contribution < 1.29 is 14.3 Å². The topological polar surface area (TPSA) is 83.6 Å². The number of hydrogen-bond acceptors (Lipinski definition) is 5. The van der Waals surface area contributed by atoms with Crippen LogP contribution in [-0.2, 0) is 29.0 Å². The van der Waals surface area contributed by atoms with E-state index in [1.165, 1.54) is 17.5 Å². The van der Waals surface area contributed by atoms with Gasteiger partial charge in [-0.3, -0.25) is 19.5 Å². The van der Waals surface area contributed by atoms with Gasteiger partial charge in [0.1, 0.15) is 12.4 Å². The first-order valence-electron chi connectivity index (χ1n) is 13.1. The third-order valence-electron chi connectivity index (χ3n) is 7.20. The van der Waals surface area contributed by atoms with Crippen LogP contribution in [0.5, 0.6) is 5.75 Å². The minimum absolute atomic E-state index is 0.0254. The molecule has 2 atom stereocenters. The lowest BCUT2D eigenvalue weighted by atomic mass is 9.87. The number of nitrogens with zero attached hydrogens (tertiary/aromatic N) is 2. The normalized spacial score (nSPS) is 19.1. The van der Waals surface area contributed by atoms with Crippen molar-refractivity contribution in [2.24, 2.45) is 11.8 Å². The van der Waals surface area contributed by atoms with Crippen LogP contribution in [0.3, 0.4) is 0 Å². The van der Waals surface area contributed by atoms with Crippen molar-refractivity contribution in [3.63, 3.8) is 0 Å². The van der Waals surface area contributed by atoms with E-state index in [2.05, 4.69) is 32.7 Å². The number of nitrogens with one attached hydrogen (secondary N) is 2. The molecular formula is C30H34N4O3. The van der Waals surface area contributed by atoms with Gasteiger partial charge in [0, 0.05) is 37.7 Å². The molecule has 192 valence electrons. The van der Waals surface area contributed by atoms with E-state index in [4.69, 9.17) is 4.74 Å². The Kier molecular flexibility index (Phi) is 8.11. The maximum Gasteiger partial charge on any atom is 0.228 e. The number of anilines is 1. The summed E-state index contributed by atoms with van der Waals surface area (Å²) in [6, 6.07) is 19.7. The molecule has 1 fully saturated rings. The monoisotopic (exact) mass is 498 g/mol. The van der Waals surface area contributed by atoms with Crippen molar-refractivity contribution in [2.75, 3.05) is 31.6 Å². The number of para-hydroxylation sites is 1. The van der Waals surface area contributed by atoms with Gasteiger partial charge in [-0.15, -0.1) is 0 Å². The van der Waals surface area contributed by atoms with Crippen LogP contribution < -0.4 is 15.4 Å². The Bertz CT molecular complexity index is 1200. The number of benzene rings is 2. The van der Waals surface area contributed by atoms with Gasteiger partial charge in [0.15, 0.2) is 0 Å². The number of rotatable bonds is 9. The van der Waals surface area contributed by atoms with Gasteiger partial charge in [0.2, 0.25) is 11.8 Å². The first-order chi connectivity index (χ1) is 18.1. The molecule has 2 heterocycles. The molecule has 5 rings (SSSR count). The van der Waals surface area contributed by atoms with Crippen LogP contribution >= 0.6 is 0 Å². The van der Waals surface area contributed by atoms with Crippen LogP contribution in [0.25, 0.3) is 0 Å². The van der Waals surface area contributed by atoms with E-state index in [1.54, 1.807) is 12.4 Å². The van der Waals surface area contributed by atoms with Gasteiger partial charge in [-0.1, -0.05) is 24.3 Å². The summed E-state index contributed by atoms with van der Waals surface area (Å²) >= 11 is 0. The second kappa shape index (κ2) is 12.0. The van der Waals surface area contributed by atoms with E-state index in [-0.39, 0.29) is 23.7 Å². The lowest BCUT2D eigenvalue weighted by molar-refractivity contribution is -0.130. The number of likely N-dealkylation sites (tertiary alicyclic amines) is 1. The molecule has 2 amide bonds. The van der Waals surface area contributed by atoms with Crippen molar-refractivity contribution in [3.05, 3.63) is 89.7 Å². The first-order valence-corrected chi connectivity index (χ1v) is 13.1. The number of aryl methyl sites for hydroxylation is 2. The number of carbonyl (C=O) groups is 2. The van der Waals surface area contributed by atoms with E-state index >= 15 is 0 Å². The minimum Gasteiger partial charge on any atom is -0.492 e. The summed E-state index contributed by atoms with van der Waals surface area (Å²) in [5.41, 5.74) is 4.67. The fourth-order valence-electron chi connectivity index (χ4n) is 5.34. The lowest BCUT2D eigenvalue weighted by Crippen LogP contribution is -2.49. The molecule has 2 aliphatic rings. The molecule has 0 spiro atoms. The van der Waals surface area contributed by atoms with Gasteiger partial charge in [0.25, 0.3) is 0 Å². The number of amides is 2. The van der Waals surface area contributed by atoms with Crippen LogP contribution in [0.15, 0.2) is 73.1 Å². The molecular weight excluding hydrogens is 464 g/mol. The van der Waals surface area contributed by atoms with Crippen molar-refractivity contribution >= 4 is 17.5 Å². The van der Waals surface area contributed by atoms with Crippen LogP contribution in [-0.4, -0.2) is 47.9 Å². The second-order valence-corrected chi connectivity index (χ2v) is 9.96. The maximum atomic E-state index is 13.4. The number of pyridine rings is 1. The predicted octanol–water partition coefficient (Wildman–Crippen LogP) is 3.84. The number of fused-ring (bicyclic) bond motifs is 1. The Labute approximate surface area is 218 Å². The molecule has 37 heavy (non-hydrogen) atoms. The number of hydrogen-bond donors (Lipinski definition) is 2. The van der Waals surface area contributed by atoms with Crippen LogP contribution in [0, 0.1) is 11.8 Å². The van der Waals surface area contributed by atoms with E-state index in [9.17, 15) is 9.59 Å². The zero-order chi connectivity index (χ0) is 25.5. The summed E-state index contributed by atoms with van der Waals surface area (Å²) in [6.07, 6.45) is 7.42. The fraction of sp³-hybridized carbons (Fsp3) is 0.367. The largest absolute Gasteiger partial charge is 0.492 e. The van der Waals surface area contributed by atoms with Gasteiger partial charge in [-0.25, -0.2) is 0 Å². The van der Waals surface area contributed by atoms with Gasteiger partial charge in [-0.2, -0.15) is 0 Å². The average Bonchev–Trinajstić information content (AvgIpc) is 3.40. The molecule has 2 aromatic carbocycles. The zero-order valence-electron chi connectivity index (χ0n) is 21.1. The smallest absolute Gasteiger partial charge is 0.228 e. The molecule has 7 nitrogen and oxygen atoms in total. The lowest BCUT2D eigenvalue weighted by Gasteiger charge is -2.36.